The first kappa shape index (κ1) is 22.8. The van der Waals surface area contributed by atoms with Gasteiger partial charge in [0.05, 0.1) is 6.54 Å². The van der Waals surface area contributed by atoms with Crippen LogP contribution in [0.4, 0.5) is 18.0 Å². The van der Waals surface area contributed by atoms with Gasteiger partial charge >= 0.3 is 12.3 Å². The van der Waals surface area contributed by atoms with Gasteiger partial charge in [-0.3, -0.25) is 9.69 Å². The minimum absolute atomic E-state index is 0.200. The van der Waals surface area contributed by atoms with E-state index in [2.05, 4.69) is 19.8 Å². The summed E-state index contributed by atoms with van der Waals surface area (Å²) in [6.07, 6.45) is -4.50. The Morgan fingerprint density at radius 3 is 2.41 bits per heavy atom. The number of halogens is 3. The molecule has 1 aromatic heterocycles. The lowest BCUT2D eigenvalue weighted by Gasteiger charge is -2.44. The molecule has 32 heavy (non-hydrogen) atoms. The first-order chi connectivity index (χ1) is 15.0. The maximum absolute atomic E-state index is 13.2. The molecule has 2 amide bonds. The highest BCUT2D eigenvalue weighted by atomic mass is 19.4. The van der Waals surface area contributed by atoms with E-state index in [1.165, 1.54) is 17.7 Å². The summed E-state index contributed by atoms with van der Waals surface area (Å²) in [7, 11) is 1.70. The normalized spacial score (nSPS) is 22.2. The van der Waals surface area contributed by atoms with Crippen LogP contribution in [-0.2, 0) is 17.8 Å². The topological polar surface area (TPSA) is 83.8 Å². The van der Waals surface area contributed by atoms with E-state index in [9.17, 15) is 22.8 Å². The van der Waals surface area contributed by atoms with Crippen molar-refractivity contribution < 1.29 is 27.5 Å². The van der Waals surface area contributed by atoms with Gasteiger partial charge in [-0.2, -0.15) is 13.2 Å². The van der Waals surface area contributed by atoms with Crippen molar-refractivity contribution in [2.75, 3.05) is 26.7 Å². The van der Waals surface area contributed by atoms with Crippen LogP contribution < -0.4 is 0 Å². The molecule has 0 bridgehead atoms. The minimum Gasteiger partial charge on any atom is -0.437 e. The van der Waals surface area contributed by atoms with E-state index < -0.39 is 23.9 Å². The number of hydrogen-bond acceptors (Lipinski definition) is 6. The maximum Gasteiger partial charge on any atom is 0.425 e. The van der Waals surface area contributed by atoms with E-state index in [1.807, 2.05) is 11.5 Å². The molecule has 2 fully saturated rings. The quantitative estimate of drug-likeness (QED) is 0.689. The third kappa shape index (κ3) is 4.41. The Labute approximate surface area is 184 Å². The maximum atomic E-state index is 13.2. The minimum atomic E-state index is -4.60. The first-order valence-corrected chi connectivity index (χ1v) is 11.0. The fourth-order valence-corrected chi connectivity index (χ4v) is 4.28. The fourth-order valence-electron chi connectivity index (χ4n) is 4.28. The number of ether oxygens (including phenoxy) is 1. The lowest BCUT2D eigenvalue weighted by Crippen LogP contribution is -2.55. The molecule has 2 aliphatic heterocycles. The van der Waals surface area contributed by atoms with Crippen LogP contribution in [-0.4, -0.2) is 92.0 Å². The number of nitrogens with zero attached hydrogens (tertiary/aromatic N) is 6. The molecule has 4 rings (SSSR count). The molecule has 3 heterocycles. The summed E-state index contributed by atoms with van der Waals surface area (Å²) < 4.78 is 44.4. The Kier molecular flexibility index (Phi) is 5.84. The van der Waals surface area contributed by atoms with Crippen LogP contribution in [0.15, 0.2) is 0 Å². The van der Waals surface area contributed by atoms with Crippen molar-refractivity contribution in [3.8, 4) is 0 Å². The van der Waals surface area contributed by atoms with Crippen molar-refractivity contribution in [1.29, 1.82) is 0 Å². The van der Waals surface area contributed by atoms with Gasteiger partial charge in [0.1, 0.15) is 5.82 Å². The van der Waals surface area contributed by atoms with Gasteiger partial charge in [0, 0.05) is 44.8 Å². The third-order valence-corrected chi connectivity index (χ3v) is 6.99. The van der Waals surface area contributed by atoms with E-state index in [-0.39, 0.29) is 19.0 Å². The molecule has 0 spiro atoms. The molecule has 9 nitrogen and oxygen atoms in total. The Hall–Kier alpha value is -2.37. The van der Waals surface area contributed by atoms with Gasteiger partial charge in [-0.05, 0) is 39.5 Å². The predicted octanol–water partition coefficient (Wildman–Crippen LogP) is 2.27. The van der Waals surface area contributed by atoms with Gasteiger partial charge in [0.15, 0.2) is 6.10 Å². The van der Waals surface area contributed by atoms with Crippen LogP contribution in [0.2, 0.25) is 0 Å². The second kappa shape index (κ2) is 8.20. The summed E-state index contributed by atoms with van der Waals surface area (Å²) in [6, 6.07) is 0.622. The molecule has 1 saturated carbocycles. The van der Waals surface area contributed by atoms with Gasteiger partial charge in [-0.15, -0.1) is 10.2 Å². The number of fused-ring (bicyclic) bond motifs is 1. The summed E-state index contributed by atoms with van der Waals surface area (Å²) in [4.78, 5) is 30.6. The van der Waals surface area contributed by atoms with Crippen molar-refractivity contribution in [1.82, 2.24) is 29.5 Å². The average molecular weight is 458 g/mol. The highest BCUT2D eigenvalue weighted by Gasteiger charge is 2.43. The van der Waals surface area contributed by atoms with Crippen molar-refractivity contribution in [3.63, 3.8) is 0 Å². The molecule has 1 saturated heterocycles. The molecular weight excluding hydrogens is 429 g/mol. The van der Waals surface area contributed by atoms with Crippen LogP contribution in [0.25, 0.3) is 0 Å². The SMILES string of the molecule is CC(OC(=O)N1CCC(C)(N(C)C(=O)c2nnc3n2CCN(C2CC2)C3)CC1)C(F)(F)F. The van der Waals surface area contributed by atoms with Crippen LogP contribution >= 0.6 is 0 Å². The Bertz CT molecular complexity index is 876. The van der Waals surface area contributed by atoms with Crippen LogP contribution in [0.3, 0.4) is 0 Å². The van der Waals surface area contributed by atoms with Gasteiger partial charge in [-0.1, -0.05) is 0 Å². The first-order valence-electron chi connectivity index (χ1n) is 11.0. The summed E-state index contributed by atoms with van der Waals surface area (Å²) in [5, 5.41) is 8.40. The predicted molar refractivity (Wildman–Crippen MR) is 107 cm³/mol. The molecule has 1 atom stereocenters. The van der Waals surface area contributed by atoms with E-state index in [0.717, 1.165) is 19.3 Å². The number of alkyl halides is 3. The standard InChI is InChI=1S/C20H29F3N6O3/c1-13(20(21,22)23)32-18(31)27-8-6-19(2,7-9-27)26(3)17(30)16-25-24-15-12-28(14-4-5-14)10-11-29(15)16/h13-14H,4-12H2,1-3H3. The number of piperidine rings is 1. The zero-order valence-corrected chi connectivity index (χ0v) is 18.6. The summed E-state index contributed by atoms with van der Waals surface area (Å²) in [6.45, 7) is 5.35. The van der Waals surface area contributed by atoms with Gasteiger partial charge in [-0.25, -0.2) is 4.79 Å². The fraction of sp³-hybridized carbons (Fsp3) is 0.800. The smallest absolute Gasteiger partial charge is 0.425 e. The number of likely N-dealkylation sites (tertiary alicyclic amines) is 1. The molecule has 178 valence electrons. The number of hydrogen-bond donors (Lipinski definition) is 0. The van der Waals surface area contributed by atoms with E-state index in [4.69, 9.17) is 0 Å². The number of carbonyl (C=O) groups is 2. The average Bonchev–Trinajstić information content (AvgIpc) is 3.51. The van der Waals surface area contributed by atoms with E-state index in [1.54, 1.807) is 11.9 Å². The van der Waals surface area contributed by atoms with Gasteiger partial charge in [0.25, 0.3) is 5.91 Å². The van der Waals surface area contributed by atoms with E-state index in [0.29, 0.717) is 37.8 Å². The van der Waals surface area contributed by atoms with Gasteiger partial charge in [0.2, 0.25) is 5.82 Å². The molecular formula is C20H29F3N6O3. The summed E-state index contributed by atoms with van der Waals surface area (Å²) in [5.41, 5.74) is -0.565. The van der Waals surface area contributed by atoms with Crippen LogP contribution in [0, 0.1) is 0 Å². The molecule has 1 aromatic rings. The third-order valence-electron chi connectivity index (χ3n) is 6.99. The number of carbonyl (C=O) groups excluding carboxylic acids is 2. The lowest BCUT2D eigenvalue weighted by molar-refractivity contribution is -0.200. The highest BCUT2D eigenvalue weighted by Crippen LogP contribution is 2.32. The number of amides is 2. The largest absolute Gasteiger partial charge is 0.437 e. The summed E-state index contributed by atoms with van der Waals surface area (Å²) in [5.74, 6) is 0.856. The number of rotatable bonds is 4. The summed E-state index contributed by atoms with van der Waals surface area (Å²) >= 11 is 0. The van der Waals surface area contributed by atoms with Crippen molar-refractivity contribution >= 4 is 12.0 Å². The Balaban J connectivity index is 1.36. The molecule has 0 N–H and O–H groups in total. The van der Waals surface area contributed by atoms with Crippen LogP contribution in [0.1, 0.15) is 56.0 Å². The molecule has 3 aliphatic rings. The molecule has 0 aromatic carbocycles. The Morgan fingerprint density at radius 1 is 1.16 bits per heavy atom. The molecule has 1 unspecified atom stereocenters. The van der Waals surface area contributed by atoms with Crippen molar-refractivity contribution in [3.05, 3.63) is 11.6 Å². The molecule has 12 heteroatoms. The second-order valence-corrected chi connectivity index (χ2v) is 9.21. The highest BCUT2D eigenvalue weighted by molar-refractivity contribution is 5.91. The van der Waals surface area contributed by atoms with Gasteiger partial charge < -0.3 is 19.1 Å². The second-order valence-electron chi connectivity index (χ2n) is 9.21. The monoisotopic (exact) mass is 458 g/mol. The van der Waals surface area contributed by atoms with E-state index >= 15 is 0 Å². The van der Waals surface area contributed by atoms with Crippen LogP contribution in [0.5, 0.6) is 0 Å². The van der Waals surface area contributed by atoms with Crippen molar-refractivity contribution in [2.24, 2.45) is 0 Å². The zero-order chi connectivity index (χ0) is 23.3. The van der Waals surface area contributed by atoms with Crippen molar-refractivity contribution in [2.45, 2.75) is 76.5 Å². The zero-order valence-electron chi connectivity index (χ0n) is 18.6. The number of aromatic nitrogens is 3. The molecule has 1 aliphatic carbocycles. The molecule has 0 radical (unpaired) electrons. The Morgan fingerprint density at radius 2 is 1.81 bits per heavy atom. The lowest BCUT2D eigenvalue weighted by atomic mass is 9.88.